The van der Waals surface area contributed by atoms with E-state index < -0.39 is 0 Å². The Morgan fingerprint density at radius 2 is 1.71 bits per heavy atom. The first-order valence-corrected chi connectivity index (χ1v) is 4.67. The molecule has 0 saturated heterocycles. The van der Waals surface area contributed by atoms with Crippen molar-refractivity contribution in [2.45, 2.75) is 6.92 Å². The van der Waals surface area contributed by atoms with Gasteiger partial charge in [-0.25, -0.2) is 0 Å². The van der Waals surface area contributed by atoms with Crippen molar-refractivity contribution in [2.75, 3.05) is 6.61 Å². The van der Waals surface area contributed by atoms with Crippen LogP contribution < -0.4 is 0 Å². The zero-order chi connectivity index (χ0) is 12.8. The van der Waals surface area contributed by atoms with E-state index in [4.69, 9.17) is 0 Å². The van der Waals surface area contributed by atoms with Crippen LogP contribution in [0, 0.1) is 47.4 Å². The average Bonchev–Trinajstić information content (AvgIpc) is 2.30. The Hall–Kier alpha value is -2.81. The van der Waals surface area contributed by atoms with Gasteiger partial charge in [0, 0.05) is 6.92 Å². The number of carbonyl (C=O) groups excluding carboxylic acids is 1. The summed E-state index contributed by atoms with van der Waals surface area (Å²) in [7, 11) is 0. The number of hydrogen-bond donors (Lipinski definition) is 0. The lowest BCUT2D eigenvalue weighted by Gasteiger charge is -1.91. The molecule has 0 aliphatic carbocycles. The van der Waals surface area contributed by atoms with Crippen LogP contribution >= 0.6 is 0 Å². The van der Waals surface area contributed by atoms with E-state index in [1.807, 2.05) is 0 Å². The fraction of sp³-hybridized carbons (Fsp3) is 0.133. The van der Waals surface area contributed by atoms with E-state index in [-0.39, 0.29) is 12.6 Å². The molecule has 0 aromatic carbocycles. The van der Waals surface area contributed by atoms with Crippen LogP contribution in [0.5, 0.6) is 0 Å². The van der Waals surface area contributed by atoms with Gasteiger partial charge in [0.05, 0.1) is 0 Å². The number of rotatable bonds is 2. The van der Waals surface area contributed by atoms with Crippen LogP contribution in [0.3, 0.4) is 0 Å². The summed E-state index contributed by atoms with van der Waals surface area (Å²) in [6.45, 7) is 4.98. The lowest BCUT2D eigenvalue weighted by Crippen LogP contribution is -1.96. The van der Waals surface area contributed by atoms with Crippen LogP contribution in [0.2, 0.25) is 0 Å². The molecule has 0 fully saturated rings. The molecular weight excluding hydrogens is 212 g/mol. The second kappa shape index (κ2) is 11.3. The van der Waals surface area contributed by atoms with Crippen LogP contribution in [0.15, 0.2) is 24.8 Å². The highest BCUT2D eigenvalue weighted by Crippen LogP contribution is 1.77. The summed E-state index contributed by atoms with van der Waals surface area (Å²) in [5, 5.41) is 0. The molecule has 0 atom stereocenters. The molecule has 0 heterocycles. The highest BCUT2D eigenvalue weighted by molar-refractivity contribution is 5.66. The first kappa shape index (κ1) is 14.2. The van der Waals surface area contributed by atoms with Crippen LogP contribution in [-0.4, -0.2) is 12.6 Å². The van der Waals surface area contributed by atoms with Crippen LogP contribution in [0.4, 0.5) is 0 Å². The summed E-state index contributed by atoms with van der Waals surface area (Å²) >= 11 is 0. The predicted octanol–water partition coefficient (Wildman–Crippen LogP) is 1.31. The highest BCUT2D eigenvalue weighted by Gasteiger charge is 1.84. The van der Waals surface area contributed by atoms with Crippen molar-refractivity contribution in [1.82, 2.24) is 0 Å². The second-order valence-electron chi connectivity index (χ2n) is 2.45. The SMILES string of the molecule is C=CC#CC#CC#CC#CC=CCOC(C)=O. The minimum atomic E-state index is -0.321. The quantitative estimate of drug-likeness (QED) is 0.520. The van der Waals surface area contributed by atoms with Crippen molar-refractivity contribution in [3.05, 3.63) is 24.8 Å². The topological polar surface area (TPSA) is 26.3 Å². The Balaban J connectivity index is 3.95. The maximum Gasteiger partial charge on any atom is 0.302 e. The average molecular weight is 222 g/mol. The molecule has 2 heteroatoms. The molecule has 2 nitrogen and oxygen atoms in total. The Labute approximate surface area is 102 Å². The van der Waals surface area contributed by atoms with Crippen LogP contribution in [0.25, 0.3) is 0 Å². The normalized spacial score (nSPS) is 6.88. The summed E-state index contributed by atoms with van der Waals surface area (Å²) in [5.74, 6) is 20.0. The molecule has 0 aromatic heterocycles. The van der Waals surface area contributed by atoms with Gasteiger partial charge in [0.15, 0.2) is 0 Å². The molecule has 0 saturated carbocycles. The highest BCUT2D eigenvalue weighted by atomic mass is 16.5. The van der Waals surface area contributed by atoms with Gasteiger partial charge in [0.25, 0.3) is 0 Å². The monoisotopic (exact) mass is 222 g/mol. The maximum absolute atomic E-state index is 10.4. The number of allylic oxidation sites excluding steroid dienone is 2. The third kappa shape index (κ3) is 13.2. The van der Waals surface area contributed by atoms with E-state index in [2.05, 4.69) is 58.7 Å². The summed E-state index contributed by atoms with van der Waals surface area (Å²) in [5.41, 5.74) is 0. The van der Waals surface area contributed by atoms with Crippen LogP contribution in [0.1, 0.15) is 6.92 Å². The molecular formula is C15H10O2. The molecule has 0 rings (SSSR count). The molecule has 0 radical (unpaired) electrons. The third-order valence-corrected chi connectivity index (χ3v) is 1.14. The molecule has 0 unspecified atom stereocenters. The van der Waals surface area contributed by atoms with Crippen molar-refractivity contribution in [3.63, 3.8) is 0 Å². The summed E-state index contributed by atoms with van der Waals surface area (Å²) in [4.78, 5) is 10.4. The Bertz CT molecular complexity index is 535. The van der Waals surface area contributed by atoms with Gasteiger partial charge in [-0.1, -0.05) is 18.4 Å². The first-order valence-electron chi connectivity index (χ1n) is 4.67. The number of carbonyl (C=O) groups is 1. The number of hydrogen-bond acceptors (Lipinski definition) is 2. The lowest BCUT2D eigenvalue weighted by atomic mass is 10.4. The minimum absolute atomic E-state index is 0.217. The zero-order valence-electron chi connectivity index (χ0n) is 9.46. The number of ether oxygens (including phenoxy) is 1. The Morgan fingerprint density at radius 3 is 2.29 bits per heavy atom. The fourth-order valence-electron chi connectivity index (χ4n) is 0.562. The molecule has 0 amide bonds. The fourth-order valence-corrected chi connectivity index (χ4v) is 0.562. The van der Waals surface area contributed by atoms with Crippen molar-refractivity contribution >= 4 is 5.97 Å². The van der Waals surface area contributed by atoms with E-state index in [9.17, 15) is 4.79 Å². The van der Waals surface area contributed by atoms with E-state index in [1.165, 1.54) is 13.0 Å². The van der Waals surface area contributed by atoms with Gasteiger partial charge >= 0.3 is 5.97 Å². The summed E-state index contributed by atoms with van der Waals surface area (Å²) in [6.07, 6.45) is 4.63. The van der Waals surface area contributed by atoms with Gasteiger partial charge in [0.2, 0.25) is 0 Å². The van der Waals surface area contributed by atoms with Gasteiger partial charge in [-0.15, -0.1) is 0 Å². The van der Waals surface area contributed by atoms with E-state index in [0.29, 0.717) is 0 Å². The largest absolute Gasteiger partial charge is 0.462 e. The van der Waals surface area contributed by atoms with Gasteiger partial charge in [-0.3, -0.25) is 4.79 Å². The van der Waals surface area contributed by atoms with Crippen molar-refractivity contribution in [3.8, 4) is 47.4 Å². The molecule has 0 bridgehead atoms. The lowest BCUT2D eigenvalue weighted by molar-refractivity contribution is -0.139. The van der Waals surface area contributed by atoms with Crippen molar-refractivity contribution in [2.24, 2.45) is 0 Å². The Morgan fingerprint density at radius 1 is 1.12 bits per heavy atom. The molecule has 0 aliphatic heterocycles. The number of esters is 1. The molecule has 82 valence electrons. The Kier molecular flexibility index (Phi) is 9.40. The summed E-state index contributed by atoms with van der Waals surface area (Å²) in [6, 6.07) is 0. The van der Waals surface area contributed by atoms with Gasteiger partial charge in [-0.05, 0) is 53.8 Å². The molecule has 17 heavy (non-hydrogen) atoms. The zero-order valence-corrected chi connectivity index (χ0v) is 9.46. The third-order valence-electron chi connectivity index (χ3n) is 1.14. The molecule has 0 aliphatic rings. The van der Waals surface area contributed by atoms with Gasteiger partial charge in [-0.2, -0.15) is 0 Å². The maximum atomic E-state index is 10.4. The first-order chi connectivity index (χ1) is 8.27. The van der Waals surface area contributed by atoms with Crippen molar-refractivity contribution < 1.29 is 9.53 Å². The van der Waals surface area contributed by atoms with E-state index in [0.717, 1.165) is 0 Å². The summed E-state index contributed by atoms with van der Waals surface area (Å²) < 4.78 is 4.65. The standard InChI is InChI=1S/C15H10O2/c1-3-4-5-6-7-8-9-10-11-12-13-14-17-15(2)16/h3,12-13H,1,14H2,2H3. The van der Waals surface area contributed by atoms with E-state index >= 15 is 0 Å². The smallest absolute Gasteiger partial charge is 0.302 e. The van der Waals surface area contributed by atoms with Gasteiger partial charge in [0.1, 0.15) is 6.61 Å². The van der Waals surface area contributed by atoms with Gasteiger partial charge < -0.3 is 4.74 Å². The predicted molar refractivity (Wildman–Crippen MR) is 67.1 cm³/mol. The molecule has 0 spiro atoms. The van der Waals surface area contributed by atoms with Crippen LogP contribution in [-0.2, 0) is 9.53 Å². The van der Waals surface area contributed by atoms with E-state index in [1.54, 1.807) is 12.2 Å². The molecule has 0 aromatic rings. The second-order valence-corrected chi connectivity index (χ2v) is 2.45. The molecule has 0 N–H and O–H groups in total. The minimum Gasteiger partial charge on any atom is -0.462 e. The van der Waals surface area contributed by atoms with Crippen molar-refractivity contribution in [1.29, 1.82) is 0 Å².